The van der Waals surface area contributed by atoms with Crippen molar-refractivity contribution in [2.45, 2.75) is 88.8 Å². The second-order valence-electron chi connectivity index (χ2n) is 12.9. The molecule has 2 unspecified atom stereocenters. The minimum atomic E-state index is -0.650. The van der Waals surface area contributed by atoms with Crippen molar-refractivity contribution in [3.05, 3.63) is 23.0 Å². The van der Waals surface area contributed by atoms with E-state index in [0.29, 0.717) is 22.3 Å². The lowest BCUT2D eigenvalue weighted by molar-refractivity contribution is -0.0247. The van der Waals surface area contributed by atoms with Gasteiger partial charge in [-0.25, -0.2) is 9.50 Å². The van der Waals surface area contributed by atoms with Crippen molar-refractivity contribution >= 4 is 40.1 Å². The Kier molecular flexibility index (Phi) is 9.82. The quantitative estimate of drug-likeness (QED) is 0.446. The van der Waals surface area contributed by atoms with Gasteiger partial charge in [0.25, 0.3) is 5.91 Å². The molecule has 2 aromatic rings. The number of nitrogen functional groups attached to an aromatic ring is 1. The number of hydrogen-bond donors (Lipinski definition) is 3. The monoisotopic (exact) mass is 618 g/mol. The molecule has 232 valence electrons. The second kappa shape index (κ2) is 13.6. The van der Waals surface area contributed by atoms with Crippen LogP contribution in [0.1, 0.15) is 81.0 Å². The van der Waals surface area contributed by atoms with Crippen LogP contribution < -0.4 is 16.4 Å². The Morgan fingerprint density at radius 2 is 1.71 bits per heavy atom. The lowest BCUT2D eigenvalue weighted by Crippen LogP contribution is -2.69. The first-order chi connectivity index (χ1) is 20.4. The molecule has 4 fully saturated rings. The van der Waals surface area contributed by atoms with Gasteiger partial charge in [-0.1, -0.05) is 67.7 Å². The minimum absolute atomic E-state index is 0.0511. The molecule has 3 aliphatic heterocycles. The van der Waals surface area contributed by atoms with Gasteiger partial charge in [0, 0.05) is 63.0 Å². The predicted molar refractivity (Wildman–Crippen MR) is 168 cm³/mol. The zero-order chi connectivity index (χ0) is 29.1. The summed E-state index contributed by atoms with van der Waals surface area (Å²) in [7, 11) is 0. The molecular formula is C30H47ClN8O2S. The molecule has 0 bridgehead atoms. The molecule has 4 aliphatic rings. The highest BCUT2D eigenvalue weighted by molar-refractivity contribution is 7.91. The molecule has 42 heavy (non-hydrogen) atoms. The van der Waals surface area contributed by atoms with Crippen LogP contribution in [0.5, 0.6) is 0 Å². The van der Waals surface area contributed by atoms with Gasteiger partial charge >= 0.3 is 0 Å². The number of nitrogens with zero attached hydrogens (tertiary/aromatic N) is 5. The summed E-state index contributed by atoms with van der Waals surface area (Å²) < 4.78 is 13.4. The van der Waals surface area contributed by atoms with E-state index in [1.807, 2.05) is 0 Å². The fraction of sp³-hybridized carbons (Fsp3) is 0.767. The van der Waals surface area contributed by atoms with E-state index in [2.05, 4.69) is 30.5 Å². The molecule has 12 heteroatoms. The molecule has 2 atom stereocenters. The normalized spacial score (nSPS) is 27.8. The first kappa shape index (κ1) is 30.4. The fourth-order valence-electron chi connectivity index (χ4n) is 8.26. The van der Waals surface area contributed by atoms with E-state index in [4.69, 9.17) is 17.3 Å². The van der Waals surface area contributed by atoms with Gasteiger partial charge in [0.1, 0.15) is 17.1 Å². The standard InChI is InChI=1S/C30H47ClN8O2S/c31-22-18-34-28-25(27(32)36-39(28)20-22)29(40)35-24-19-33-21-30(10-6-4-2-1-3-5-7-11-30)26(24)38-12-8-23(9-13-38)37-14-16-42(41)17-15-37/h18,20,23-24,26,33H,1-17,19,21H2,(H2,32,36)(H,35,40). The third-order valence-corrected chi connectivity index (χ3v) is 11.8. The Balaban J connectivity index is 1.25. The van der Waals surface area contributed by atoms with Gasteiger partial charge in [0.05, 0.1) is 17.3 Å². The molecule has 6 rings (SSSR count). The number of likely N-dealkylation sites (tertiary alicyclic amines) is 1. The molecule has 4 N–H and O–H groups in total. The number of aromatic nitrogens is 3. The summed E-state index contributed by atoms with van der Waals surface area (Å²) in [5.74, 6) is 1.56. The number of nitrogens with two attached hydrogens (primary N) is 1. The maximum absolute atomic E-state index is 13.9. The molecule has 0 radical (unpaired) electrons. The summed E-state index contributed by atoms with van der Waals surface area (Å²) in [6, 6.07) is 0.761. The topological polar surface area (TPSA) is 127 Å². The van der Waals surface area contributed by atoms with Gasteiger partial charge in [-0.3, -0.25) is 14.6 Å². The summed E-state index contributed by atoms with van der Waals surface area (Å²) in [6.45, 7) is 5.69. The van der Waals surface area contributed by atoms with Crippen LogP contribution in [0.3, 0.4) is 0 Å². The van der Waals surface area contributed by atoms with Crippen molar-refractivity contribution in [1.82, 2.24) is 35.0 Å². The first-order valence-corrected chi connectivity index (χ1v) is 17.9. The third kappa shape index (κ3) is 6.56. The summed E-state index contributed by atoms with van der Waals surface area (Å²) in [5.41, 5.74) is 7.11. The number of piperidine rings is 2. The maximum Gasteiger partial charge on any atom is 0.259 e. The Labute approximate surface area is 257 Å². The first-order valence-electron chi connectivity index (χ1n) is 16.1. The van der Waals surface area contributed by atoms with Gasteiger partial charge in [-0.15, -0.1) is 5.10 Å². The Morgan fingerprint density at radius 1 is 1.05 bits per heavy atom. The average Bonchev–Trinajstić information content (AvgIpc) is 3.32. The van der Waals surface area contributed by atoms with E-state index >= 15 is 0 Å². The van der Waals surface area contributed by atoms with Crippen LogP contribution in [-0.2, 0) is 11.2 Å². The molecule has 2 aromatic heterocycles. The predicted octanol–water partition coefficient (Wildman–Crippen LogP) is 3.07. The number of hydrogen-bond acceptors (Lipinski definition) is 8. The summed E-state index contributed by atoms with van der Waals surface area (Å²) in [6.07, 6.45) is 16.8. The van der Waals surface area contributed by atoms with E-state index in [9.17, 15) is 9.35 Å². The van der Waals surface area contributed by atoms with Crippen LogP contribution in [0.4, 0.5) is 5.82 Å². The van der Waals surface area contributed by atoms with Crippen molar-refractivity contribution < 1.29 is 9.35 Å². The van der Waals surface area contributed by atoms with Gasteiger partial charge < -0.3 is 20.9 Å². The van der Waals surface area contributed by atoms with E-state index in [1.54, 1.807) is 6.20 Å². The summed E-state index contributed by atoms with van der Waals surface area (Å²) in [4.78, 5) is 23.6. The van der Waals surface area contributed by atoms with Gasteiger partial charge in [-0.05, 0) is 25.7 Å². The van der Waals surface area contributed by atoms with E-state index in [1.165, 1.54) is 68.5 Å². The number of carbonyl (C=O) groups excluding carboxylic acids is 1. The highest BCUT2D eigenvalue weighted by Crippen LogP contribution is 2.43. The van der Waals surface area contributed by atoms with Gasteiger partial charge in [-0.2, -0.15) is 0 Å². The molecule has 10 nitrogen and oxygen atoms in total. The van der Waals surface area contributed by atoms with E-state index in [0.717, 1.165) is 63.6 Å². The second-order valence-corrected chi connectivity index (χ2v) is 15.1. The minimum Gasteiger partial charge on any atom is -0.616 e. The molecule has 1 saturated carbocycles. The third-order valence-electron chi connectivity index (χ3n) is 10.3. The molecule has 1 aliphatic carbocycles. The number of carbonyl (C=O) groups is 1. The van der Waals surface area contributed by atoms with Crippen LogP contribution in [0.15, 0.2) is 12.4 Å². The molecule has 3 saturated heterocycles. The van der Waals surface area contributed by atoms with Crippen LogP contribution in [0.2, 0.25) is 5.02 Å². The van der Waals surface area contributed by atoms with Crippen molar-refractivity contribution in [2.24, 2.45) is 5.41 Å². The maximum atomic E-state index is 13.9. The summed E-state index contributed by atoms with van der Waals surface area (Å²) in [5, 5.41) is 12.0. The number of fused-ring (bicyclic) bond motifs is 1. The van der Waals surface area contributed by atoms with Gasteiger partial charge in [0.2, 0.25) is 0 Å². The van der Waals surface area contributed by atoms with E-state index in [-0.39, 0.29) is 29.2 Å². The number of anilines is 1. The number of nitrogens with one attached hydrogen (secondary N) is 2. The lowest BCUT2D eigenvalue weighted by atomic mass is 9.66. The smallest absolute Gasteiger partial charge is 0.259 e. The van der Waals surface area contributed by atoms with E-state index < -0.39 is 11.2 Å². The van der Waals surface area contributed by atoms with Crippen molar-refractivity contribution in [3.8, 4) is 0 Å². The van der Waals surface area contributed by atoms with Crippen LogP contribution in [-0.4, -0.2) is 104 Å². The van der Waals surface area contributed by atoms with Crippen molar-refractivity contribution in [1.29, 1.82) is 0 Å². The number of amides is 1. The number of halogens is 1. The SMILES string of the molecule is Nc1nn2cc(Cl)cnc2c1C(=O)NC1CNCC2(CCCCCCCCC2)C1N1CCC(N2CC[S+]([O-])CC2)CC1. The van der Waals surface area contributed by atoms with Gasteiger partial charge in [0.15, 0.2) is 11.5 Å². The molecular weight excluding hydrogens is 572 g/mol. The van der Waals surface area contributed by atoms with Crippen molar-refractivity contribution in [2.75, 3.05) is 56.5 Å². The zero-order valence-corrected chi connectivity index (χ0v) is 26.3. The van der Waals surface area contributed by atoms with Crippen LogP contribution in [0, 0.1) is 5.41 Å². The Hall–Kier alpha value is -1.63. The molecule has 5 heterocycles. The molecule has 1 amide bonds. The Bertz CT molecular complexity index is 1200. The molecule has 0 aromatic carbocycles. The average molecular weight is 619 g/mol. The highest BCUT2D eigenvalue weighted by Gasteiger charge is 2.49. The largest absolute Gasteiger partial charge is 0.616 e. The van der Waals surface area contributed by atoms with Crippen LogP contribution >= 0.6 is 11.6 Å². The van der Waals surface area contributed by atoms with Crippen LogP contribution in [0.25, 0.3) is 5.65 Å². The Morgan fingerprint density at radius 3 is 2.40 bits per heavy atom. The fourth-order valence-corrected chi connectivity index (χ4v) is 9.48. The summed E-state index contributed by atoms with van der Waals surface area (Å²) >= 11 is 5.47. The highest BCUT2D eigenvalue weighted by atomic mass is 35.5. The number of rotatable bonds is 4. The zero-order valence-electron chi connectivity index (χ0n) is 24.7. The lowest BCUT2D eigenvalue weighted by Gasteiger charge is -2.55. The van der Waals surface area contributed by atoms with Crippen molar-refractivity contribution in [3.63, 3.8) is 0 Å². The molecule has 1 spiro atoms.